The van der Waals surface area contributed by atoms with Gasteiger partial charge in [-0.15, -0.1) is 0 Å². The second-order valence-corrected chi connectivity index (χ2v) is 11.4. The van der Waals surface area contributed by atoms with Gasteiger partial charge in [-0.05, 0) is 104 Å². The van der Waals surface area contributed by atoms with Crippen molar-refractivity contribution in [2.75, 3.05) is 19.6 Å². The number of hydrogen-bond donors (Lipinski definition) is 1. The van der Waals surface area contributed by atoms with Crippen LogP contribution in [0.25, 0.3) is 0 Å². The van der Waals surface area contributed by atoms with Gasteiger partial charge in [0, 0.05) is 13.1 Å². The molecule has 0 radical (unpaired) electrons. The highest BCUT2D eigenvalue weighted by Crippen LogP contribution is 2.36. The van der Waals surface area contributed by atoms with Crippen molar-refractivity contribution < 1.29 is 18.8 Å². The van der Waals surface area contributed by atoms with Crippen LogP contribution >= 0.6 is 0 Å². The highest BCUT2D eigenvalue weighted by molar-refractivity contribution is 6.62. The topological polar surface area (TPSA) is 60.0 Å². The van der Waals surface area contributed by atoms with E-state index in [1.54, 1.807) is 0 Å². The molecule has 3 rings (SSSR count). The number of aryl methyl sites for hydroxylation is 1. The summed E-state index contributed by atoms with van der Waals surface area (Å²) in [5, 5.41) is 2.93. The molecule has 2 saturated heterocycles. The van der Waals surface area contributed by atoms with Gasteiger partial charge in [-0.2, -0.15) is 0 Å². The lowest BCUT2D eigenvalue weighted by Crippen LogP contribution is -2.41. The minimum Gasteiger partial charge on any atom is -0.444 e. The molecule has 1 amide bonds. The Kier molecular flexibility index (Phi) is 7.33. The van der Waals surface area contributed by atoms with Crippen LogP contribution in [-0.4, -0.2) is 54.5 Å². The summed E-state index contributed by atoms with van der Waals surface area (Å²) in [6, 6.07) is 6.54. The van der Waals surface area contributed by atoms with E-state index < -0.39 is 5.60 Å². The lowest BCUT2D eigenvalue weighted by Gasteiger charge is -2.32. The van der Waals surface area contributed by atoms with E-state index >= 15 is 0 Å². The average molecular weight is 444 g/mol. The van der Waals surface area contributed by atoms with Gasteiger partial charge in [0.25, 0.3) is 0 Å². The van der Waals surface area contributed by atoms with Crippen LogP contribution < -0.4 is 10.8 Å². The summed E-state index contributed by atoms with van der Waals surface area (Å²) in [5.41, 5.74) is 2.57. The Bertz CT molecular complexity index is 795. The summed E-state index contributed by atoms with van der Waals surface area (Å²) in [6.45, 7) is 19.8. The van der Waals surface area contributed by atoms with Gasteiger partial charge in [0.15, 0.2) is 0 Å². The van der Waals surface area contributed by atoms with Gasteiger partial charge < -0.3 is 19.4 Å². The molecular weight excluding hydrogens is 403 g/mol. The molecule has 0 bridgehead atoms. The number of alkyl carbamates (subject to hydrolysis) is 1. The summed E-state index contributed by atoms with van der Waals surface area (Å²) < 4.78 is 17.8. The maximum absolute atomic E-state index is 11.9. The van der Waals surface area contributed by atoms with Gasteiger partial charge >= 0.3 is 13.2 Å². The van der Waals surface area contributed by atoms with E-state index in [0.717, 1.165) is 37.9 Å². The molecule has 0 unspecified atom stereocenters. The highest BCUT2D eigenvalue weighted by Gasteiger charge is 2.51. The van der Waals surface area contributed by atoms with Crippen molar-refractivity contribution in [1.29, 1.82) is 0 Å². The third kappa shape index (κ3) is 6.27. The Labute approximate surface area is 194 Å². The number of amides is 1. The first-order valence-electron chi connectivity index (χ1n) is 11.9. The van der Waals surface area contributed by atoms with Crippen molar-refractivity contribution in [3.8, 4) is 0 Å². The molecule has 0 saturated carbocycles. The molecule has 0 aliphatic carbocycles. The Morgan fingerprint density at radius 2 is 1.75 bits per heavy atom. The zero-order valence-electron chi connectivity index (χ0n) is 21.2. The summed E-state index contributed by atoms with van der Waals surface area (Å²) >= 11 is 0. The predicted octanol–water partition coefficient (Wildman–Crippen LogP) is 4.03. The molecule has 0 atom stereocenters. The van der Waals surface area contributed by atoms with Crippen LogP contribution in [0, 0.1) is 12.8 Å². The van der Waals surface area contributed by atoms with E-state index in [9.17, 15) is 4.79 Å². The molecule has 2 aliphatic rings. The van der Waals surface area contributed by atoms with Crippen molar-refractivity contribution in [1.82, 2.24) is 10.2 Å². The van der Waals surface area contributed by atoms with Crippen molar-refractivity contribution >= 4 is 18.7 Å². The largest absolute Gasteiger partial charge is 0.494 e. The van der Waals surface area contributed by atoms with Gasteiger partial charge in [-0.25, -0.2) is 4.79 Å². The van der Waals surface area contributed by atoms with Crippen LogP contribution in [0.15, 0.2) is 18.2 Å². The first-order valence-corrected chi connectivity index (χ1v) is 11.9. The SMILES string of the molecule is Cc1ccc(B2OC(C)(C)C(C)(C)O2)cc1CN1CCC(CNC(=O)OC(C)(C)C)CC1. The number of carbonyl (C=O) groups is 1. The van der Waals surface area contributed by atoms with E-state index in [1.165, 1.54) is 11.1 Å². The number of hydrogen-bond acceptors (Lipinski definition) is 5. The Balaban J connectivity index is 1.52. The van der Waals surface area contributed by atoms with Gasteiger partial charge in [0.2, 0.25) is 0 Å². The molecule has 1 aromatic carbocycles. The molecule has 1 N–H and O–H groups in total. The molecule has 0 aromatic heterocycles. The summed E-state index contributed by atoms with van der Waals surface area (Å²) in [7, 11) is -0.330. The lowest BCUT2D eigenvalue weighted by molar-refractivity contribution is 0.00578. The Hall–Kier alpha value is -1.57. The van der Waals surface area contributed by atoms with Crippen LogP contribution in [0.1, 0.15) is 72.4 Å². The standard InChI is InChI=1S/C25H41BN2O4/c1-18-9-10-21(26-31-24(5,6)25(7,8)32-26)15-20(18)17-28-13-11-19(12-14-28)16-27-22(29)30-23(2,3)4/h9-10,15,19H,11-14,16-17H2,1-8H3,(H,27,29). The van der Waals surface area contributed by atoms with Crippen molar-refractivity contribution in [2.45, 2.75) is 91.6 Å². The van der Waals surface area contributed by atoms with Crippen molar-refractivity contribution in [3.63, 3.8) is 0 Å². The number of carbonyl (C=O) groups excluding carboxylic acids is 1. The monoisotopic (exact) mass is 444 g/mol. The zero-order chi connectivity index (χ0) is 23.7. The van der Waals surface area contributed by atoms with E-state index in [1.807, 2.05) is 20.8 Å². The van der Waals surface area contributed by atoms with Gasteiger partial charge in [-0.3, -0.25) is 4.90 Å². The Morgan fingerprint density at radius 3 is 2.31 bits per heavy atom. The fourth-order valence-electron chi connectivity index (χ4n) is 4.12. The van der Waals surface area contributed by atoms with E-state index in [4.69, 9.17) is 14.0 Å². The lowest BCUT2D eigenvalue weighted by atomic mass is 9.77. The van der Waals surface area contributed by atoms with Crippen LogP contribution in [0.3, 0.4) is 0 Å². The smallest absolute Gasteiger partial charge is 0.444 e. The third-order valence-corrected chi connectivity index (χ3v) is 6.93. The summed E-state index contributed by atoms with van der Waals surface area (Å²) in [6.07, 6.45) is 1.83. The molecule has 32 heavy (non-hydrogen) atoms. The minimum absolute atomic E-state index is 0.324. The fraction of sp³-hybridized carbons (Fsp3) is 0.720. The molecule has 1 aromatic rings. The maximum atomic E-state index is 11.9. The second kappa shape index (κ2) is 9.36. The molecular formula is C25H41BN2O4. The van der Waals surface area contributed by atoms with Gasteiger partial charge in [0.1, 0.15) is 5.60 Å². The highest BCUT2D eigenvalue weighted by atomic mass is 16.7. The minimum atomic E-state index is -0.458. The second-order valence-electron chi connectivity index (χ2n) is 11.4. The number of benzene rings is 1. The summed E-state index contributed by atoms with van der Waals surface area (Å²) in [4.78, 5) is 14.4. The summed E-state index contributed by atoms with van der Waals surface area (Å²) in [5.74, 6) is 0.496. The van der Waals surface area contributed by atoms with E-state index in [2.05, 4.69) is 63.0 Å². The van der Waals surface area contributed by atoms with Gasteiger partial charge in [0.05, 0.1) is 11.2 Å². The van der Waals surface area contributed by atoms with E-state index in [-0.39, 0.29) is 24.4 Å². The predicted molar refractivity (Wildman–Crippen MR) is 129 cm³/mol. The quantitative estimate of drug-likeness (QED) is 0.695. The fourth-order valence-corrected chi connectivity index (χ4v) is 4.12. The molecule has 6 nitrogen and oxygen atoms in total. The number of rotatable bonds is 5. The maximum Gasteiger partial charge on any atom is 0.494 e. The van der Waals surface area contributed by atoms with Crippen LogP contribution in [0.2, 0.25) is 0 Å². The molecule has 7 heteroatoms. The number of nitrogens with one attached hydrogen (secondary N) is 1. The molecule has 2 fully saturated rings. The van der Waals surface area contributed by atoms with Crippen LogP contribution in [0.4, 0.5) is 4.79 Å². The average Bonchev–Trinajstić information content (AvgIpc) is 2.89. The first kappa shape index (κ1) is 25.1. The Morgan fingerprint density at radius 1 is 1.16 bits per heavy atom. The van der Waals surface area contributed by atoms with E-state index in [0.29, 0.717) is 12.5 Å². The van der Waals surface area contributed by atoms with Crippen LogP contribution in [-0.2, 0) is 20.6 Å². The molecule has 0 spiro atoms. The number of piperidine rings is 1. The third-order valence-electron chi connectivity index (χ3n) is 6.93. The van der Waals surface area contributed by atoms with Gasteiger partial charge in [-0.1, -0.05) is 18.2 Å². The number of ether oxygens (including phenoxy) is 1. The van der Waals surface area contributed by atoms with Crippen molar-refractivity contribution in [3.05, 3.63) is 29.3 Å². The molecule has 2 aliphatic heterocycles. The number of nitrogens with zero attached hydrogens (tertiary/aromatic N) is 1. The first-order chi connectivity index (χ1) is 14.8. The molecule has 178 valence electrons. The molecule has 2 heterocycles. The zero-order valence-corrected chi connectivity index (χ0v) is 21.2. The normalized spacial score (nSPS) is 21.6. The van der Waals surface area contributed by atoms with Crippen molar-refractivity contribution in [2.24, 2.45) is 5.92 Å². The number of likely N-dealkylation sites (tertiary alicyclic amines) is 1. The van der Waals surface area contributed by atoms with Crippen LogP contribution in [0.5, 0.6) is 0 Å².